The summed E-state index contributed by atoms with van der Waals surface area (Å²) in [7, 11) is 0. The summed E-state index contributed by atoms with van der Waals surface area (Å²) in [6.07, 6.45) is 0. The molecule has 2 aromatic carbocycles. The molecule has 6 heteroatoms. The minimum Gasteiger partial charge on any atom is -0.376 e. The lowest BCUT2D eigenvalue weighted by Crippen LogP contribution is -1.99. The largest absolute Gasteiger partial charge is 0.376 e. The van der Waals surface area contributed by atoms with Crippen molar-refractivity contribution in [3.63, 3.8) is 0 Å². The molecule has 1 heterocycles. The third-order valence-electron chi connectivity index (χ3n) is 3.08. The fraction of sp³-hybridized carbons (Fsp3) is 0.125. The molecule has 3 aromatic rings. The van der Waals surface area contributed by atoms with Crippen molar-refractivity contribution >= 4 is 28.9 Å². The van der Waals surface area contributed by atoms with Gasteiger partial charge in [0.15, 0.2) is 0 Å². The molecule has 0 aliphatic carbocycles. The van der Waals surface area contributed by atoms with Gasteiger partial charge in [0.25, 0.3) is 0 Å². The van der Waals surface area contributed by atoms with Crippen molar-refractivity contribution in [1.82, 2.24) is 10.1 Å². The number of nitrogens with one attached hydrogen (secondary N) is 1. The number of nitrogens with zero attached hydrogens (tertiary/aromatic N) is 2. The number of aryl methyl sites for hydroxylation is 1. The van der Waals surface area contributed by atoms with E-state index in [0.29, 0.717) is 28.3 Å². The van der Waals surface area contributed by atoms with E-state index < -0.39 is 0 Å². The van der Waals surface area contributed by atoms with E-state index in [1.807, 2.05) is 31.2 Å². The van der Waals surface area contributed by atoms with E-state index in [1.165, 1.54) is 5.56 Å². The summed E-state index contributed by atoms with van der Waals surface area (Å²) in [4.78, 5) is 4.36. The molecule has 4 nitrogen and oxygen atoms in total. The van der Waals surface area contributed by atoms with Crippen LogP contribution >= 0.6 is 23.2 Å². The zero-order valence-electron chi connectivity index (χ0n) is 11.8. The summed E-state index contributed by atoms with van der Waals surface area (Å²) in [5.41, 5.74) is 2.91. The molecule has 0 saturated carbocycles. The number of anilines is 1. The fourth-order valence-corrected chi connectivity index (χ4v) is 2.51. The van der Waals surface area contributed by atoms with Crippen molar-refractivity contribution in [2.75, 3.05) is 5.32 Å². The molecular formula is C16H13Cl2N3O. The maximum Gasteiger partial charge on any atom is 0.246 e. The summed E-state index contributed by atoms with van der Waals surface area (Å²) in [6, 6.07) is 13.2. The van der Waals surface area contributed by atoms with Crippen LogP contribution in [0.1, 0.15) is 11.5 Å². The Kier molecular flexibility index (Phi) is 4.32. The van der Waals surface area contributed by atoms with Crippen LogP contribution in [-0.2, 0) is 6.54 Å². The molecule has 0 saturated heterocycles. The molecule has 3 rings (SSSR count). The van der Waals surface area contributed by atoms with Crippen LogP contribution in [0.5, 0.6) is 0 Å². The molecule has 1 N–H and O–H groups in total. The molecule has 22 heavy (non-hydrogen) atoms. The van der Waals surface area contributed by atoms with Crippen molar-refractivity contribution in [2.45, 2.75) is 13.5 Å². The first-order valence-electron chi connectivity index (χ1n) is 6.70. The number of halogens is 2. The van der Waals surface area contributed by atoms with Crippen molar-refractivity contribution in [3.8, 4) is 11.4 Å². The lowest BCUT2D eigenvalue weighted by atomic mass is 10.1. The average molecular weight is 334 g/mol. The Morgan fingerprint density at radius 1 is 1.05 bits per heavy atom. The van der Waals surface area contributed by atoms with Gasteiger partial charge < -0.3 is 9.84 Å². The molecule has 0 radical (unpaired) electrons. The van der Waals surface area contributed by atoms with Gasteiger partial charge in [0.05, 0.1) is 6.54 Å². The van der Waals surface area contributed by atoms with Crippen LogP contribution < -0.4 is 5.32 Å². The number of hydrogen-bond acceptors (Lipinski definition) is 4. The molecule has 1 aromatic heterocycles. The van der Waals surface area contributed by atoms with Crippen molar-refractivity contribution < 1.29 is 4.52 Å². The van der Waals surface area contributed by atoms with Crippen molar-refractivity contribution in [3.05, 3.63) is 64.0 Å². The van der Waals surface area contributed by atoms with Crippen LogP contribution in [0, 0.1) is 6.92 Å². The SMILES string of the molecule is Cc1ccc(-c2noc(CNc3cc(Cl)cc(Cl)c3)n2)cc1. The second-order valence-corrected chi connectivity index (χ2v) is 5.76. The number of benzene rings is 2. The lowest BCUT2D eigenvalue weighted by Gasteiger charge is -2.04. The van der Waals surface area contributed by atoms with Gasteiger partial charge in [0.2, 0.25) is 11.7 Å². The van der Waals surface area contributed by atoms with E-state index in [1.54, 1.807) is 18.2 Å². The first-order chi connectivity index (χ1) is 10.6. The Hall–Kier alpha value is -2.04. The van der Waals surface area contributed by atoms with Gasteiger partial charge in [-0.25, -0.2) is 0 Å². The summed E-state index contributed by atoms with van der Waals surface area (Å²) in [5.74, 6) is 1.06. The molecule has 0 atom stereocenters. The van der Waals surface area contributed by atoms with Crippen LogP contribution in [0.4, 0.5) is 5.69 Å². The maximum atomic E-state index is 5.95. The zero-order chi connectivity index (χ0) is 15.5. The highest BCUT2D eigenvalue weighted by molar-refractivity contribution is 6.35. The minimum absolute atomic E-state index is 0.398. The van der Waals surface area contributed by atoms with Gasteiger partial charge in [-0.2, -0.15) is 4.98 Å². The number of hydrogen-bond donors (Lipinski definition) is 1. The van der Waals surface area contributed by atoms with E-state index in [4.69, 9.17) is 27.7 Å². The van der Waals surface area contributed by atoms with Crippen molar-refractivity contribution in [1.29, 1.82) is 0 Å². The first-order valence-corrected chi connectivity index (χ1v) is 7.45. The summed E-state index contributed by atoms with van der Waals surface area (Å²) in [5, 5.41) is 8.28. The molecule has 0 amide bonds. The Bertz CT molecular complexity index is 764. The molecular weight excluding hydrogens is 321 g/mol. The summed E-state index contributed by atoms with van der Waals surface area (Å²) < 4.78 is 5.24. The van der Waals surface area contributed by atoms with Gasteiger partial charge in [-0.1, -0.05) is 58.2 Å². The quantitative estimate of drug-likeness (QED) is 0.732. The second-order valence-electron chi connectivity index (χ2n) is 4.89. The second kappa shape index (κ2) is 6.38. The van der Waals surface area contributed by atoms with Gasteiger partial charge in [0, 0.05) is 21.3 Å². The maximum absolute atomic E-state index is 5.95. The minimum atomic E-state index is 0.398. The van der Waals surface area contributed by atoms with E-state index >= 15 is 0 Å². The highest BCUT2D eigenvalue weighted by Crippen LogP contribution is 2.23. The number of aromatic nitrogens is 2. The molecule has 112 valence electrons. The molecule has 0 bridgehead atoms. The van der Waals surface area contributed by atoms with Gasteiger partial charge in [-0.3, -0.25) is 0 Å². The summed E-state index contributed by atoms with van der Waals surface area (Å²) in [6.45, 7) is 2.43. The highest BCUT2D eigenvalue weighted by atomic mass is 35.5. The Morgan fingerprint density at radius 2 is 1.73 bits per heavy atom. The average Bonchev–Trinajstić information content (AvgIpc) is 2.94. The number of rotatable bonds is 4. The zero-order valence-corrected chi connectivity index (χ0v) is 13.3. The van der Waals surface area contributed by atoms with Crippen LogP contribution in [0.25, 0.3) is 11.4 Å². The fourth-order valence-electron chi connectivity index (χ4n) is 1.98. The topological polar surface area (TPSA) is 51.0 Å². The van der Waals surface area contributed by atoms with Gasteiger partial charge in [-0.05, 0) is 25.1 Å². The standard InChI is InChI=1S/C16H13Cl2N3O/c1-10-2-4-11(5-3-10)16-20-15(22-21-16)9-19-14-7-12(17)6-13(18)8-14/h2-8,19H,9H2,1H3. The van der Waals surface area contributed by atoms with Crippen LogP contribution in [0.3, 0.4) is 0 Å². The van der Waals surface area contributed by atoms with Crippen LogP contribution in [-0.4, -0.2) is 10.1 Å². The molecule has 0 aliphatic heterocycles. The molecule has 0 aliphatic rings. The molecule has 0 spiro atoms. The third kappa shape index (κ3) is 3.59. The Morgan fingerprint density at radius 3 is 2.41 bits per heavy atom. The highest BCUT2D eigenvalue weighted by Gasteiger charge is 2.08. The van der Waals surface area contributed by atoms with E-state index in [0.717, 1.165) is 11.3 Å². The predicted molar refractivity (Wildman–Crippen MR) is 88.3 cm³/mol. The normalized spacial score (nSPS) is 10.7. The van der Waals surface area contributed by atoms with Crippen molar-refractivity contribution in [2.24, 2.45) is 0 Å². The van der Waals surface area contributed by atoms with E-state index in [2.05, 4.69) is 15.5 Å². The van der Waals surface area contributed by atoms with Gasteiger partial charge in [0.1, 0.15) is 0 Å². The van der Waals surface area contributed by atoms with Crippen LogP contribution in [0.2, 0.25) is 10.0 Å². The van der Waals surface area contributed by atoms with Gasteiger partial charge >= 0.3 is 0 Å². The van der Waals surface area contributed by atoms with Gasteiger partial charge in [-0.15, -0.1) is 0 Å². The third-order valence-corrected chi connectivity index (χ3v) is 3.52. The summed E-state index contributed by atoms with van der Waals surface area (Å²) >= 11 is 11.9. The Balaban J connectivity index is 1.70. The van der Waals surface area contributed by atoms with E-state index in [9.17, 15) is 0 Å². The predicted octanol–water partition coefficient (Wildman–Crippen LogP) is 4.96. The van der Waals surface area contributed by atoms with E-state index in [-0.39, 0.29) is 0 Å². The van der Waals surface area contributed by atoms with Crippen LogP contribution in [0.15, 0.2) is 47.0 Å². The molecule has 0 fully saturated rings. The Labute approximate surface area is 138 Å². The smallest absolute Gasteiger partial charge is 0.246 e. The molecule has 0 unspecified atom stereocenters. The first kappa shape index (κ1) is 14.9. The lowest BCUT2D eigenvalue weighted by molar-refractivity contribution is 0.384. The monoisotopic (exact) mass is 333 g/mol.